The minimum Gasteiger partial charge on any atom is -0.347 e. The van der Waals surface area contributed by atoms with E-state index in [-0.39, 0.29) is 23.9 Å². The predicted molar refractivity (Wildman–Crippen MR) is 106 cm³/mol. The normalized spacial score (nSPS) is 23.3. The summed E-state index contributed by atoms with van der Waals surface area (Å²) in [5.41, 5.74) is 2.10. The van der Waals surface area contributed by atoms with Crippen LogP contribution in [-0.4, -0.2) is 45.1 Å². The number of aromatic nitrogens is 2. The van der Waals surface area contributed by atoms with Crippen LogP contribution >= 0.6 is 0 Å². The van der Waals surface area contributed by atoms with Gasteiger partial charge in [0, 0.05) is 30.6 Å². The second kappa shape index (κ2) is 6.48. The molecule has 1 aromatic heterocycles. The van der Waals surface area contributed by atoms with E-state index in [1.54, 1.807) is 4.68 Å². The molecule has 2 amide bonds. The molecule has 1 aliphatic carbocycles. The number of para-hydroxylation sites is 1. The van der Waals surface area contributed by atoms with E-state index in [2.05, 4.69) is 10.4 Å². The molecule has 2 aromatic carbocycles. The Labute approximate surface area is 163 Å². The fourth-order valence-corrected chi connectivity index (χ4v) is 4.76. The number of benzene rings is 2. The van der Waals surface area contributed by atoms with E-state index in [0.29, 0.717) is 17.2 Å². The molecule has 2 aliphatic rings. The average Bonchev–Trinajstić information content (AvgIpc) is 3.41. The number of hydrogen-bond acceptors (Lipinski definition) is 3. The maximum Gasteiger partial charge on any atom is 0.275 e. The number of aryl methyl sites for hydroxylation is 1. The zero-order valence-corrected chi connectivity index (χ0v) is 15.7. The van der Waals surface area contributed by atoms with E-state index in [9.17, 15) is 9.59 Å². The minimum atomic E-state index is -0.0752. The molecule has 1 aliphatic heterocycles. The maximum absolute atomic E-state index is 13.3. The van der Waals surface area contributed by atoms with Crippen molar-refractivity contribution in [3.8, 4) is 0 Å². The summed E-state index contributed by atoms with van der Waals surface area (Å²) in [5, 5.41) is 8.51. The van der Waals surface area contributed by atoms with Crippen LogP contribution < -0.4 is 5.32 Å². The zero-order valence-electron chi connectivity index (χ0n) is 15.7. The van der Waals surface area contributed by atoms with Crippen molar-refractivity contribution in [1.29, 1.82) is 0 Å². The molecule has 6 heteroatoms. The van der Waals surface area contributed by atoms with Crippen LogP contribution in [0.25, 0.3) is 10.9 Å². The molecule has 2 heterocycles. The minimum absolute atomic E-state index is 0.00891. The molecule has 28 heavy (non-hydrogen) atoms. The largest absolute Gasteiger partial charge is 0.347 e. The standard InChI is InChI=1S/C22H22N4O2/c1-25-18-10-6-5-9-16(18)20(24-25)22(28)26-13-14-11-17(19(26)12-14)23-21(27)15-7-3-2-4-8-15/h2-10,14,17,19H,11-13H2,1H3,(H,23,27). The number of hydrogen-bond donors (Lipinski definition) is 1. The van der Waals surface area contributed by atoms with Gasteiger partial charge in [-0.15, -0.1) is 0 Å². The van der Waals surface area contributed by atoms with Gasteiger partial charge in [0.05, 0.1) is 11.6 Å². The van der Waals surface area contributed by atoms with Gasteiger partial charge in [-0.25, -0.2) is 0 Å². The van der Waals surface area contributed by atoms with Crippen molar-refractivity contribution >= 4 is 22.7 Å². The van der Waals surface area contributed by atoms with Crippen LogP contribution in [0, 0.1) is 5.92 Å². The van der Waals surface area contributed by atoms with Crippen LogP contribution in [0.1, 0.15) is 33.7 Å². The van der Waals surface area contributed by atoms with Crippen molar-refractivity contribution in [1.82, 2.24) is 20.0 Å². The van der Waals surface area contributed by atoms with Crippen molar-refractivity contribution < 1.29 is 9.59 Å². The zero-order chi connectivity index (χ0) is 19.3. The molecule has 3 atom stereocenters. The van der Waals surface area contributed by atoms with Crippen molar-refractivity contribution in [2.24, 2.45) is 13.0 Å². The van der Waals surface area contributed by atoms with Crippen LogP contribution in [0.15, 0.2) is 54.6 Å². The Kier molecular flexibility index (Phi) is 3.93. The number of carbonyl (C=O) groups excluding carboxylic acids is 2. The summed E-state index contributed by atoms with van der Waals surface area (Å²) in [5.74, 6) is 0.321. The summed E-state index contributed by atoms with van der Waals surface area (Å²) >= 11 is 0. The molecule has 0 spiro atoms. The van der Waals surface area contributed by atoms with Gasteiger partial charge < -0.3 is 10.2 Å². The summed E-state index contributed by atoms with van der Waals surface area (Å²) in [6.45, 7) is 0.742. The molecule has 3 unspecified atom stereocenters. The van der Waals surface area contributed by atoms with Gasteiger partial charge in [0.2, 0.25) is 0 Å². The van der Waals surface area contributed by atoms with E-state index in [1.165, 1.54) is 0 Å². The van der Waals surface area contributed by atoms with Crippen molar-refractivity contribution in [2.75, 3.05) is 6.54 Å². The van der Waals surface area contributed by atoms with Gasteiger partial charge in [0.1, 0.15) is 0 Å². The highest BCUT2D eigenvalue weighted by Crippen LogP contribution is 2.39. The van der Waals surface area contributed by atoms with Crippen LogP contribution in [0.3, 0.4) is 0 Å². The Morgan fingerprint density at radius 3 is 2.57 bits per heavy atom. The molecule has 1 N–H and O–H groups in total. The van der Waals surface area contributed by atoms with Gasteiger partial charge in [-0.1, -0.05) is 36.4 Å². The summed E-state index contributed by atoms with van der Waals surface area (Å²) in [4.78, 5) is 27.8. The van der Waals surface area contributed by atoms with Gasteiger partial charge in [0.15, 0.2) is 5.69 Å². The number of fused-ring (bicyclic) bond motifs is 3. The smallest absolute Gasteiger partial charge is 0.275 e. The fraction of sp³-hybridized carbons (Fsp3) is 0.318. The third kappa shape index (κ3) is 2.68. The summed E-state index contributed by atoms with van der Waals surface area (Å²) in [6.07, 6.45) is 1.87. The Balaban J connectivity index is 1.38. The van der Waals surface area contributed by atoms with Crippen LogP contribution in [0.5, 0.6) is 0 Å². The first-order valence-corrected chi connectivity index (χ1v) is 9.70. The Bertz CT molecular complexity index is 1060. The monoisotopic (exact) mass is 374 g/mol. The van der Waals surface area contributed by atoms with E-state index in [4.69, 9.17) is 0 Å². The number of amides is 2. The van der Waals surface area contributed by atoms with Crippen molar-refractivity contribution in [2.45, 2.75) is 24.9 Å². The van der Waals surface area contributed by atoms with Crippen molar-refractivity contribution in [3.05, 3.63) is 65.9 Å². The average molecular weight is 374 g/mol. The highest BCUT2D eigenvalue weighted by atomic mass is 16.2. The third-order valence-electron chi connectivity index (χ3n) is 6.06. The molecule has 1 saturated heterocycles. The number of carbonyl (C=O) groups is 2. The summed E-state index contributed by atoms with van der Waals surface area (Å²) < 4.78 is 1.76. The fourth-order valence-electron chi connectivity index (χ4n) is 4.76. The molecule has 2 bridgehead atoms. The SMILES string of the molecule is Cn1nc(C(=O)N2CC3CC(NC(=O)c4ccccc4)C2C3)c2ccccc21. The predicted octanol–water partition coefficient (Wildman–Crippen LogP) is 2.61. The van der Waals surface area contributed by atoms with Gasteiger partial charge in [-0.05, 0) is 37.0 Å². The first kappa shape index (κ1) is 17.0. The molecule has 2 fully saturated rings. The van der Waals surface area contributed by atoms with Crippen LogP contribution in [-0.2, 0) is 7.05 Å². The Hall–Kier alpha value is -3.15. The first-order chi connectivity index (χ1) is 13.6. The van der Waals surface area contributed by atoms with E-state index in [0.717, 1.165) is 30.3 Å². The first-order valence-electron chi connectivity index (χ1n) is 9.70. The van der Waals surface area contributed by atoms with Crippen molar-refractivity contribution in [3.63, 3.8) is 0 Å². The van der Waals surface area contributed by atoms with Gasteiger partial charge in [0.25, 0.3) is 11.8 Å². The topological polar surface area (TPSA) is 67.2 Å². The molecule has 3 aromatic rings. The molecule has 5 rings (SSSR count). The lowest BCUT2D eigenvalue weighted by atomic mass is 10.0. The Morgan fingerprint density at radius 1 is 1.04 bits per heavy atom. The van der Waals surface area contributed by atoms with E-state index in [1.807, 2.05) is 66.5 Å². The maximum atomic E-state index is 13.3. The lowest BCUT2D eigenvalue weighted by molar-refractivity contribution is 0.0644. The molecular weight excluding hydrogens is 352 g/mol. The molecule has 1 saturated carbocycles. The van der Waals surface area contributed by atoms with Crippen LogP contribution in [0.2, 0.25) is 0 Å². The number of rotatable bonds is 3. The number of nitrogens with zero attached hydrogens (tertiary/aromatic N) is 3. The Morgan fingerprint density at radius 2 is 1.79 bits per heavy atom. The lowest BCUT2D eigenvalue weighted by Crippen LogP contribution is -2.52. The second-order valence-corrected chi connectivity index (χ2v) is 7.80. The van der Waals surface area contributed by atoms with Gasteiger partial charge >= 0.3 is 0 Å². The lowest BCUT2D eigenvalue weighted by Gasteiger charge is -2.33. The molecule has 6 nitrogen and oxygen atoms in total. The molecule has 0 radical (unpaired) electrons. The molecule has 142 valence electrons. The second-order valence-electron chi connectivity index (χ2n) is 7.80. The molecular formula is C22H22N4O2. The van der Waals surface area contributed by atoms with Crippen LogP contribution in [0.4, 0.5) is 0 Å². The highest BCUT2D eigenvalue weighted by molar-refractivity contribution is 6.05. The summed E-state index contributed by atoms with van der Waals surface area (Å²) in [7, 11) is 1.86. The number of piperidine rings is 1. The quantitative estimate of drug-likeness (QED) is 0.766. The number of nitrogens with one attached hydrogen (secondary N) is 1. The van der Waals surface area contributed by atoms with Gasteiger partial charge in [-0.3, -0.25) is 14.3 Å². The summed E-state index contributed by atoms with van der Waals surface area (Å²) in [6, 6.07) is 17.1. The highest BCUT2D eigenvalue weighted by Gasteiger charge is 2.48. The van der Waals surface area contributed by atoms with E-state index < -0.39 is 0 Å². The third-order valence-corrected chi connectivity index (χ3v) is 6.06. The number of likely N-dealkylation sites (tertiary alicyclic amines) is 1. The van der Waals surface area contributed by atoms with E-state index >= 15 is 0 Å². The van der Waals surface area contributed by atoms with Gasteiger partial charge in [-0.2, -0.15) is 5.10 Å².